The molecule has 3 N–H and O–H groups in total. The number of hydrogen-bond acceptors (Lipinski definition) is 3. The van der Waals surface area contributed by atoms with Crippen molar-refractivity contribution < 1.29 is 15.3 Å². The summed E-state index contributed by atoms with van der Waals surface area (Å²) in [4.78, 5) is 0. The number of aliphatic hydroxyl groups is 2. The summed E-state index contributed by atoms with van der Waals surface area (Å²) in [7, 11) is 0. The van der Waals surface area contributed by atoms with Crippen molar-refractivity contribution in [2.75, 3.05) is 13.2 Å². The molecule has 0 heterocycles. The topological polar surface area (TPSA) is 60.7 Å². The van der Waals surface area contributed by atoms with Gasteiger partial charge in [0.2, 0.25) is 0 Å². The molecule has 0 aromatic heterocycles. The van der Waals surface area contributed by atoms with Crippen LogP contribution in [0.15, 0.2) is 54.6 Å². The molecule has 0 aliphatic heterocycles. The van der Waals surface area contributed by atoms with Crippen LogP contribution in [0.25, 0.3) is 0 Å². The minimum absolute atomic E-state index is 0.209. The summed E-state index contributed by atoms with van der Waals surface area (Å²) in [6.45, 7) is 12.5. The molecule has 0 bridgehead atoms. The van der Waals surface area contributed by atoms with Crippen molar-refractivity contribution in [2.24, 2.45) is 11.8 Å². The third-order valence-corrected chi connectivity index (χ3v) is 3.57. The van der Waals surface area contributed by atoms with Gasteiger partial charge >= 0.3 is 0 Å². The highest BCUT2D eigenvalue weighted by Crippen LogP contribution is 2.13. The van der Waals surface area contributed by atoms with Crippen molar-refractivity contribution in [2.45, 2.75) is 54.4 Å². The molecule has 2 aromatic carbocycles. The van der Waals surface area contributed by atoms with Gasteiger partial charge in [0.05, 0.1) is 0 Å². The lowest BCUT2D eigenvalue weighted by atomic mass is 10.0. The summed E-state index contributed by atoms with van der Waals surface area (Å²) in [5.41, 5.74) is 2.45. The molecular weight excluding hydrogens is 336 g/mol. The summed E-state index contributed by atoms with van der Waals surface area (Å²) in [5, 5.41) is 26.6. The summed E-state index contributed by atoms with van der Waals surface area (Å²) in [6, 6.07) is 17.3. The third-order valence-electron chi connectivity index (χ3n) is 3.57. The van der Waals surface area contributed by atoms with Crippen molar-refractivity contribution in [3.05, 3.63) is 65.7 Å². The third kappa shape index (κ3) is 15.0. The van der Waals surface area contributed by atoms with Gasteiger partial charge in [0.15, 0.2) is 0 Å². The highest BCUT2D eigenvalue weighted by Gasteiger charge is 2.01. The second-order valence-corrected chi connectivity index (χ2v) is 6.14. The first-order valence-electron chi connectivity index (χ1n) is 10.1. The molecule has 0 spiro atoms. The first-order valence-corrected chi connectivity index (χ1v) is 10.1. The van der Waals surface area contributed by atoms with Crippen LogP contribution >= 0.6 is 0 Å². The van der Waals surface area contributed by atoms with Gasteiger partial charge in [-0.15, -0.1) is 0 Å². The summed E-state index contributed by atoms with van der Waals surface area (Å²) < 4.78 is 0. The van der Waals surface area contributed by atoms with E-state index in [9.17, 15) is 0 Å². The molecule has 3 heteroatoms. The summed E-state index contributed by atoms with van der Waals surface area (Å²) >= 11 is 0. The molecule has 0 fully saturated rings. The van der Waals surface area contributed by atoms with Gasteiger partial charge < -0.3 is 15.3 Å². The van der Waals surface area contributed by atoms with E-state index in [0.717, 1.165) is 18.4 Å². The molecule has 0 amide bonds. The molecule has 0 radical (unpaired) electrons. The molecule has 27 heavy (non-hydrogen) atoms. The van der Waals surface area contributed by atoms with Crippen LogP contribution in [0.5, 0.6) is 5.75 Å². The van der Waals surface area contributed by atoms with Gasteiger partial charge in [-0.2, -0.15) is 0 Å². The van der Waals surface area contributed by atoms with Gasteiger partial charge in [0.1, 0.15) is 5.75 Å². The van der Waals surface area contributed by atoms with Crippen LogP contribution in [0, 0.1) is 11.8 Å². The summed E-state index contributed by atoms with van der Waals surface area (Å²) in [5.74, 6) is 0.947. The zero-order valence-corrected chi connectivity index (χ0v) is 18.0. The largest absolute Gasteiger partial charge is 0.508 e. The van der Waals surface area contributed by atoms with Gasteiger partial charge in [-0.3, -0.25) is 0 Å². The molecular formula is C24H40O3. The van der Waals surface area contributed by atoms with E-state index in [4.69, 9.17) is 15.3 Å². The Morgan fingerprint density at radius 2 is 1.00 bits per heavy atom. The lowest BCUT2D eigenvalue weighted by Gasteiger charge is -2.06. The molecule has 2 atom stereocenters. The number of benzene rings is 2. The lowest BCUT2D eigenvalue weighted by Crippen LogP contribution is -2.03. The Kier molecular flexibility index (Phi) is 19.2. The number of phenols is 1. The maximum Gasteiger partial charge on any atom is 0.115 e. The van der Waals surface area contributed by atoms with Gasteiger partial charge in [0, 0.05) is 13.2 Å². The highest BCUT2D eigenvalue weighted by molar-refractivity contribution is 5.26. The van der Waals surface area contributed by atoms with Crippen molar-refractivity contribution >= 4 is 0 Å². The van der Waals surface area contributed by atoms with E-state index in [2.05, 4.69) is 12.1 Å². The van der Waals surface area contributed by atoms with E-state index < -0.39 is 0 Å². The molecule has 154 valence electrons. The zero-order chi connectivity index (χ0) is 21.1. The van der Waals surface area contributed by atoms with Gasteiger partial charge in [-0.1, -0.05) is 84.0 Å². The van der Waals surface area contributed by atoms with Crippen LogP contribution in [0.1, 0.15) is 52.7 Å². The molecule has 2 aromatic rings. The Balaban J connectivity index is 0. The van der Waals surface area contributed by atoms with Gasteiger partial charge in [0.25, 0.3) is 0 Å². The number of rotatable bonds is 6. The SMILES string of the molecule is CC.CC.CC(CO)Cc1ccc(O)cc1.CC(CO)Cc1ccccc1. The van der Waals surface area contributed by atoms with Crippen molar-refractivity contribution in [3.63, 3.8) is 0 Å². The van der Waals surface area contributed by atoms with Crippen LogP contribution < -0.4 is 0 Å². The van der Waals surface area contributed by atoms with Crippen molar-refractivity contribution in [1.29, 1.82) is 0 Å². The second kappa shape index (κ2) is 18.9. The second-order valence-electron chi connectivity index (χ2n) is 6.14. The van der Waals surface area contributed by atoms with E-state index in [0.29, 0.717) is 5.92 Å². The lowest BCUT2D eigenvalue weighted by molar-refractivity contribution is 0.237. The maximum atomic E-state index is 9.00. The Hall–Kier alpha value is -1.84. The first kappa shape index (κ1) is 27.4. The van der Waals surface area contributed by atoms with Gasteiger partial charge in [-0.25, -0.2) is 0 Å². The predicted octanol–water partition coefficient (Wildman–Crippen LogP) is 5.47. The molecule has 2 unspecified atom stereocenters. The molecule has 0 aliphatic rings. The Bertz CT molecular complexity index is 523. The molecule has 0 saturated heterocycles. The number of hydrogen-bond donors (Lipinski definition) is 3. The molecule has 3 nitrogen and oxygen atoms in total. The minimum Gasteiger partial charge on any atom is -0.508 e. The average Bonchev–Trinajstić information content (AvgIpc) is 2.73. The van der Waals surface area contributed by atoms with E-state index >= 15 is 0 Å². The van der Waals surface area contributed by atoms with Crippen molar-refractivity contribution in [3.8, 4) is 5.75 Å². The van der Waals surface area contributed by atoms with Crippen LogP contribution in [-0.4, -0.2) is 28.5 Å². The quantitative estimate of drug-likeness (QED) is 0.626. The maximum absolute atomic E-state index is 9.00. The van der Waals surface area contributed by atoms with E-state index in [1.54, 1.807) is 12.1 Å². The van der Waals surface area contributed by atoms with Gasteiger partial charge in [-0.05, 0) is 47.9 Å². The Morgan fingerprint density at radius 3 is 1.37 bits per heavy atom. The smallest absolute Gasteiger partial charge is 0.115 e. The van der Waals surface area contributed by atoms with Crippen LogP contribution in [0.3, 0.4) is 0 Å². The van der Waals surface area contributed by atoms with Crippen LogP contribution in [-0.2, 0) is 12.8 Å². The Morgan fingerprint density at radius 1 is 0.630 bits per heavy atom. The molecule has 2 rings (SSSR count). The first-order chi connectivity index (χ1) is 13.0. The van der Waals surface area contributed by atoms with E-state index in [-0.39, 0.29) is 24.9 Å². The van der Waals surface area contributed by atoms with E-state index in [1.165, 1.54) is 5.56 Å². The minimum atomic E-state index is 0.209. The fourth-order valence-corrected chi connectivity index (χ4v) is 2.18. The zero-order valence-electron chi connectivity index (χ0n) is 18.0. The average molecular weight is 377 g/mol. The van der Waals surface area contributed by atoms with Crippen LogP contribution in [0.4, 0.5) is 0 Å². The number of aromatic hydroxyl groups is 1. The van der Waals surface area contributed by atoms with E-state index in [1.807, 2.05) is 71.9 Å². The standard InChI is InChI=1S/C10H14O2.C10H14O.2C2H6/c1-8(7-11)6-9-2-4-10(12)5-3-9;1-9(8-11)7-10-5-3-2-4-6-10;2*1-2/h2-5,8,11-12H,6-7H2,1H3;2-6,9,11H,7-8H2,1H3;2*1-2H3. The fraction of sp³-hybridized carbons (Fsp3) is 0.500. The predicted molar refractivity (Wildman–Crippen MR) is 117 cm³/mol. The molecule has 0 saturated carbocycles. The van der Waals surface area contributed by atoms with Crippen LogP contribution in [0.2, 0.25) is 0 Å². The number of aliphatic hydroxyl groups excluding tert-OH is 2. The monoisotopic (exact) mass is 376 g/mol. The molecule has 0 aliphatic carbocycles. The highest BCUT2D eigenvalue weighted by atomic mass is 16.3. The Labute approximate surface area is 166 Å². The normalized spacial score (nSPS) is 11.4. The van der Waals surface area contributed by atoms with Crippen molar-refractivity contribution in [1.82, 2.24) is 0 Å². The fourth-order valence-electron chi connectivity index (χ4n) is 2.18. The number of phenolic OH excluding ortho intramolecular Hbond substituents is 1. The summed E-state index contributed by atoms with van der Waals surface area (Å²) in [6.07, 6.45) is 1.83.